The summed E-state index contributed by atoms with van der Waals surface area (Å²) in [5, 5.41) is 19.3. The first kappa shape index (κ1) is 25.6. The van der Waals surface area contributed by atoms with E-state index in [0.717, 1.165) is 0 Å². The number of halogens is 2. The van der Waals surface area contributed by atoms with Crippen LogP contribution < -0.4 is 14.9 Å². The van der Waals surface area contributed by atoms with Gasteiger partial charge in [-0.25, -0.2) is 9.82 Å². The first-order valence-corrected chi connectivity index (χ1v) is 10.9. The van der Waals surface area contributed by atoms with E-state index in [2.05, 4.69) is 15.6 Å². The minimum absolute atomic E-state index is 0.0838. The maximum atomic E-state index is 14.0. The number of benzene rings is 2. The van der Waals surface area contributed by atoms with Crippen molar-refractivity contribution in [2.45, 2.75) is 33.9 Å². The number of carbonyl (C=O) groups excluding carboxylic acids is 1. The van der Waals surface area contributed by atoms with E-state index in [-0.39, 0.29) is 40.8 Å². The van der Waals surface area contributed by atoms with Crippen LogP contribution in [0, 0.1) is 29.8 Å². The van der Waals surface area contributed by atoms with Gasteiger partial charge in [0.15, 0.2) is 11.5 Å². The van der Waals surface area contributed by atoms with Gasteiger partial charge < -0.3 is 9.47 Å². The summed E-state index contributed by atoms with van der Waals surface area (Å²) in [6.45, 7) is 4.89. The highest BCUT2D eigenvalue weighted by molar-refractivity contribution is 6.31. The number of hydrazone groups is 1. The molecule has 0 unspecified atom stereocenters. The van der Waals surface area contributed by atoms with Crippen molar-refractivity contribution in [1.82, 2.24) is 15.2 Å². The van der Waals surface area contributed by atoms with E-state index in [0.29, 0.717) is 23.7 Å². The van der Waals surface area contributed by atoms with E-state index < -0.39 is 16.6 Å². The Morgan fingerprint density at radius 1 is 1.29 bits per heavy atom. The second-order valence-corrected chi connectivity index (χ2v) is 7.76. The van der Waals surface area contributed by atoms with E-state index >= 15 is 0 Å². The monoisotopic (exact) mass is 503 g/mol. The standard InChI is InChI=1S/C23H23ClFN5O5/c1-4-34-21-10-16(8-9-20(21)35-13-17-18(24)6-5-7-19(17)25)11-26-27-22(31)12-29-15(3)23(30(32)33)14(2)28-29/h5-11H,4,12-13H2,1-3H3,(H,27,31)/b26-11+. The van der Waals surface area contributed by atoms with Gasteiger partial charge in [-0.15, -0.1) is 0 Å². The SMILES string of the molecule is CCOc1cc(/C=N/NC(=O)Cn2nc(C)c([N+](=O)[O-])c2C)ccc1OCc1c(F)cccc1Cl. The van der Waals surface area contributed by atoms with Crippen LogP contribution in [0.15, 0.2) is 41.5 Å². The van der Waals surface area contributed by atoms with Gasteiger partial charge in [-0.05, 0) is 56.7 Å². The number of hydrogen-bond donors (Lipinski definition) is 1. The average molecular weight is 504 g/mol. The maximum absolute atomic E-state index is 14.0. The molecule has 12 heteroatoms. The normalized spacial score (nSPS) is 11.0. The van der Waals surface area contributed by atoms with Gasteiger partial charge in [0.25, 0.3) is 5.91 Å². The highest BCUT2D eigenvalue weighted by Gasteiger charge is 2.22. The lowest BCUT2D eigenvalue weighted by Gasteiger charge is -2.13. The van der Waals surface area contributed by atoms with Crippen molar-refractivity contribution in [3.8, 4) is 11.5 Å². The van der Waals surface area contributed by atoms with Gasteiger partial charge in [-0.1, -0.05) is 17.7 Å². The molecule has 0 aliphatic carbocycles. The molecule has 0 spiro atoms. The average Bonchev–Trinajstić information content (AvgIpc) is 3.07. The number of aryl methyl sites for hydroxylation is 1. The molecule has 0 aliphatic rings. The molecule has 184 valence electrons. The number of aromatic nitrogens is 2. The third-order valence-corrected chi connectivity index (χ3v) is 5.28. The number of ether oxygens (including phenoxy) is 2. The predicted octanol–water partition coefficient (Wildman–Crippen LogP) is 4.33. The molecule has 0 bridgehead atoms. The van der Waals surface area contributed by atoms with Crippen LogP contribution in [0.25, 0.3) is 0 Å². The topological polar surface area (TPSA) is 121 Å². The minimum Gasteiger partial charge on any atom is -0.490 e. The second-order valence-electron chi connectivity index (χ2n) is 7.36. The lowest BCUT2D eigenvalue weighted by Crippen LogP contribution is -2.24. The number of nitro groups is 1. The zero-order valence-corrected chi connectivity index (χ0v) is 20.0. The largest absolute Gasteiger partial charge is 0.490 e. The second kappa shape index (κ2) is 11.4. The number of nitrogens with one attached hydrogen (secondary N) is 1. The smallest absolute Gasteiger partial charge is 0.312 e. The summed E-state index contributed by atoms with van der Waals surface area (Å²) < 4.78 is 26.6. The van der Waals surface area contributed by atoms with Gasteiger partial charge >= 0.3 is 5.69 Å². The Kier molecular flexibility index (Phi) is 8.37. The zero-order chi connectivity index (χ0) is 25.5. The van der Waals surface area contributed by atoms with E-state index in [1.54, 1.807) is 24.3 Å². The molecule has 1 heterocycles. The molecule has 0 aliphatic heterocycles. The first-order chi connectivity index (χ1) is 16.7. The van der Waals surface area contributed by atoms with E-state index in [1.165, 1.54) is 36.9 Å². The van der Waals surface area contributed by atoms with Gasteiger partial charge in [-0.2, -0.15) is 10.2 Å². The summed E-state index contributed by atoms with van der Waals surface area (Å²) in [7, 11) is 0. The molecule has 2 aromatic carbocycles. The van der Waals surface area contributed by atoms with Crippen molar-refractivity contribution in [1.29, 1.82) is 0 Å². The number of hydrogen-bond acceptors (Lipinski definition) is 7. The quantitative estimate of drug-likeness (QED) is 0.250. The van der Waals surface area contributed by atoms with E-state index in [1.807, 2.05) is 6.92 Å². The van der Waals surface area contributed by atoms with Crippen LogP contribution in [0.1, 0.15) is 29.4 Å². The summed E-state index contributed by atoms with van der Waals surface area (Å²) in [5.41, 5.74) is 3.58. The van der Waals surface area contributed by atoms with Crippen molar-refractivity contribution < 1.29 is 23.6 Å². The number of nitrogens with zero attached hydrogens (tertiary/aromatic N) is 4. The third kappa shape index (κ3) is 6.33. The molecule has 0 fully saturated rings. The third-order valence-electron chi connectivity index (χ3n) is 4.92. The van der Waals surface area contributed by atoms with Crippen LogP contribution in [0.4, 0.5) is 10.1 Å². The number of carbonyl (C=O) groups is 1. The molecule has 0 radical (unpaired) electrons. The van der Waals surface area contributed by atoms with Crippen molar-refractivity contribution >= 4 is 29.4 Å². The molecule has 10 nitrogen and oxygen atoms in total. The Morgan fingerprint density at radius 3 is 2.71 bits per heavy atom. The van der Waals surface area contributed by atoms with Crippen LogP contribution in [0.3, 0.4) is 0 Å². The summed E-state index contributed by atoms with van der Waals surface area (Å²) in [4.78, 5) is 22.8. The molecular formula is C23H23ClFN5O5. The Labute approximate surface area is 205 Å². The Balaban J connectivity index is 1.65. The highest BCUT2D eigenvalue weighted by atomic mass is 35.5. The van der Waals surface area contributed by atoms with Crippen LogP contribution in [-0.2, 0) is 17.9 Å². The Morgan fingerprint density at radius 2 is 2.06 bits per heavy atom. The molecule has 1 amide bonds. The fraction of sp³-hybridized carbons (Fsp3) is 0.261. The lowest BCUT2D eigenvalue weighted by molar-refractivity contribution is -0.386. The molecule has 3 aromatic rings. The summed E-state index contributed by atoms with van der Waals surface area (Å²) in [5.74, 6) is -0.179. The first-order valence-electron chi connectivity index (χ1n) is 10.5. The Bertz CT molecular complexity index is 1260. The van der Waals surface area contributed by atoms with Crippen molar-refractivity contribution in [3.63, 3.8) is 0 Å². The van der Waals surface area contributed by atoms with Gasteiger partial charge in [0.05, 0.1) is 22.8 Å². The molecule has 0 saturated heterocycles. The van der Waals surface area contributed by atoms with Crippen molar-refractivity contribution in [2.75, 3.05) is 6.61 Å². The summed E-state index contributed by atoms with van der Waals surface area (Å²) in [6.07, 6.45) is 1.40. The van der Waals surface area contributed by atoms with Crippen LogP contribution in [0.5, 0.6) is 11.5 Å². The van der Waals surface area contributed by atoms with Crippen molar-refractivity contribution in [3.05, 3.63) is 79.9 Å². The summed E-state index contributed by atoms with van der Waals surface area (Å²) >= 11 is 6.05. The van der Waals surface area contributed by atoms with Gasteiger partial charge in [0.1, 0.15) is 30.4 Å². The molecule has 1 N–H and O–H groups in total. The fourth-order valence-electron chi connectivity index (χ4n) is 3.27. The molecular weight excluding hydrogens is 481 g/mol. The lowest BCUT2D eigenvalue weighted by atomic mass is 10.2. The van der Waals surface area contributed by atoms with Crippen LogP contribution >= 0.6 is 11.6 Å². The highest BCUT2D eigenvalue weighted by Crippen LogP contribution is 2.30. The number of amides is 1. The predicted molar refractivity (Wildman–Crippen MR) is 127 cm³/mol. The molecule has 35 heavy (non-hydrogen) atoms. The summed E-state index contributed by atoms with van der Waals surface area (Å²) in [6, 6.07) is 9.37. The molecule has 1 aromatic heterocycles. The van der Waals surface area contributed by atoms with E-state index in [9.17, 15) is 19.3 Å². The van der Waals surface area contributed by atoms with E-state index in [4.69, 9.17) is 21.1 Å². The zero-order valence-electron chi connectivity index (χ0n) is 19.2. The molecule has 3 rings (SSSR count). The Hall–Kier alpha value is -3.99. The minimum atomic E-state index is -0.529. The number of rotatable bonds is 10. The van der Waals surface area contributed by atoms with Crippen LogP contribution in [-0.4, -0.2) is 33.4 Å². The van der Waals surface area contributed by atoms with Gasteiger partial charge in [0, 0.05) is 5.56 Å². The maximum Gasteiger partial charge on any atom is 0.312 e. The molecule has 0 saturated carbocycles. The van der Waals surface area contributed by atoms with Crippen LogP contribution in [0.2, 0.25) is 5.02 Å². The van der Waals surface area contributed by atoms with Crippen molar-refractivity contribution in [2.24, 2.45) is 5.10 Å². The van der Waals surface area contributed by atoms with Gasteiger partial charge in [-0.3, -0.25) is 19.6 Å². The fourth-order valence-corrected chi connectivity index (χ4v) is 3.49. The molecule has 0 atom stereocenters. The van der Waals surface area contributed by atoms with Gasteiger partial charge in [0.2, 0.25) is 0 Å².